The molecular weight excluding hydrogens is 364 g/mol. The maximum atomic E-state index is 12.1. The van der Waals surface area contributed by atoms with E-state index in [0.717, 1.165) is 24.2 Å². The van der Waals surface area contributed by atoms with E-state index in [1.807, 2.05) is 43.1 Å². The van der Waals surface area contributed by atoms with Crippen molar-refractivity contribution in [3.05, 3.63) is 29.8 Å². The lowest BCUT2D eigenvalue weighted by atomic mass is 9.86. The summed E-state index contributed by atoms with van der Waals surface area (Å²) in [4.78, 5) is 6.20. The first-order valence-corrected chi connectivity index (χ1v) is 11.2. The van der Waals surface area contributed by atoms with Gasteiger partial charge in [0, 0.05) is 33.7 Å². The summed E-state index contributed by atoms with van der Waals surface area (Å²) in [6.07, 6.45) is 3.47. The van der Waals surface area contributed by atoms with Gasteiger partial charge in [-0.25, -0.2) is 13.1 Å². The maximum absolute atomic E-state index is 12.1. The molecule has 2 rings (SSSR count). The largest absolute Gasteiger partial charge is 0.494 e. The van der Waals surface area contributed by atoms with Crippen LogP contribution in [0.15, 0.2) is 29.3 Å². The molecule has 0 saturated heterocycles. The van der Waals surface area contributed by atoms with Crippen molar-refractivity contribution in [1.82, 2.24) is 14.9 Å². The van der Waals surface area contributed by atoms with E-state index in [9.17, 15) is 8.42 Å². The first-order chi connectivity index (χ1) is 12.9. The summed E-state index contributed by atoms with van der Waals surface area (Å²) in [7, 11) is 0.369. The molecule has 1 aromatic rings. The number of nitrogens with zero attached hydrogens (tertiary/aromatic N) is 2. The number of benzene rings is 1. The van der Waals surface area contributed by atoms with E-state index in [1.165, 1.54) is 6.42 Å². The molecule has 7 nitrogen and oxygen atoms in total. The predicted octanol–water partition coefficient (Wildman–Crippen LogP) is 1.81. The molecule has 27 heavy (non-hydrogen) atoms. The molecule has 1 fully saturated rings. The molecule has 1 saturated carbocycles. The van der Waals surface area contributed by atoms with E-state index in [0.29, 0.717) is 38.1 Å². The lowest BCUT2D eigenvalue weighted by molar-refractivity contribution is 0.316. The van der Waals surface area contributed by atoms with E-state index in [2.05, 4.69) is 15.0 Å². The summed E-state index contributed by atoms with van der Waals surface area (Å²) in [6.45, 7) is 4.16. The Morgan fingerprint density at radius 1 is 1.30 bits per heavy atom. The Kier molecular flexibility index (Phi) is 8.37. The topological polar surface area (TPSA) is 83.0 Å². The number of guanidine groups is 1. The van der Waals surface area contributed by atoms with Gasteiger partial charge < -0.3 is 15.0 Å². The van der Waals surface area contributed by atoms with Crippen LogP contribution >= 0.6 is 0 Å². The molecule has 0 amide bonds. The Hall–Kier alpha value is -1.80. The molecular formula is C19H32N4O3S. The average molecular weight is 397 g/mol. The highest BCUT2D eigenvalue weighted by Gasteiger charge is 2.20. The Labute approximate surface area is 163 Å². The predicted molar refractivity (Wildman–Crippen MR) is 110 cm³/mol. The molecule has 0 aromatic heterocycles. The van der Waals surface area contributed by atoms with Crippen LogP contribution in [0.3, 0.4) is 0 Å². The molecule has 1 aromatic carbocycles. The lowest BCUT2D eigenvalue weighted by Gasteiger charge is -2.25. The second-order valence-electron chi connectivity index (χ2n) is 6.87. The van der Waals surface area contributed by atoms with Crippen molar-refractivity contribution in [1.29, 1.82) is 0 Å². The van der Waals surface area contributed by atoms with Gasteiger partial charge in [0.2, 0.25) is 10.0 Å². The zero-order valence-electron chi connectivity index (χ0n) is 16.6. The van der Waals surface area contributed by atoms with Gasteiger partial charge in [-0.1, -0.05) is 18.6 Å². The Bertz CT molecular complexity index is 700. The summed E-state index contributed by atoms with van der Waals surface area (Å²) < 4.78 is 32.3. The normalized spacial score (nSPS) is 15.3. The number of aliphatic imine (C=N–C) groups is 1. The number of nitrogens with one attached hydrogen (secondary N) is 2. The smallest absolute Gasteiger partial charge is 0.213 e. The zero-order valence-corrected chi connectivity index (χ0v) is 17.4. The molecule has 8 heteroatoms. The molecule has 0 spiro atoms. The van der Waals surface area contributed by atoms with Crippen LogP contribution in [-0.2, 0) is 16.6 Å². The van der Waals surface area contributed by atoms with Gasteiger partial charge in [-0.15, -0.1) is 0 Å². The second-order valence-corrected chi connectivity index (χ2v) is 8.80. The third-order valence-corrected chi connectivity index (χ3v) is 6.05. The molecule has 0 radical (unpaired) electrons. The molecule has 1 aliphatic carbocycles. The highest BCUT2D eigenvalue weighted by molar-refractivity contribution is 7.89. The number of hydrogen-bond donors (Lipinski definition) is 2. The molecule has 152 valence electrons. The number of hydrogen-bond acceptors (Lipinski definition) is 4. The molecule has 0 aliphatic heterocycles. The molecule has 0 bridgehead atoms. The number of ether oxygens (including phenoxy) is 1. The number of rotatable bonds is 10. The third-order valence-electron chi connectivity index (χ3n) is 4.70. The molecule has 2 N–H and O–H groups in total. The minimum atomic E-state index is -3.25. The quantitative estimate of drug-likeness (QED) is 0.466. The van der Waals surface area contributed by atoms with Crippen LogP contribution in [0.1, 0.15) is 31.7 Å². The summed E-state index contributed by atoms with van der Waals surface area (Å²) in [5.74, 6) is 2.07. The first-order valence-electron chi connectivity index (χ1n) is 9.54. The zero-order chi connectivity index (χ0) is 19.7. The van der Waals surface area contributed by atoms with Crippen LogP contribution in [0, 0.1) is 5.92 Å². The average Bonchev–Trinajstić information content (AvgIpc) is 2.59. The van der Waals surface area contributed by atoms with Gasteiger partial charge in [0.15, 0.2) is 5.96 Å². The highest BCUT2D eigenvalue weighted by atomic mass is 32.2. The van der Waals surface area contributed by atoms with Crippen LogP contribution < -0.4 is 14.8 Å². The van der Waals surface area contributed by atoms with Gasteiger partial charge >= 0.3 is 0 Å². The van der Waals surface area contributed by atoms with Crippen molar-refractivity contribution in [2.75, 3.05) is 39.5 Å². The van der Waals surface area contributed by atoms with Crippen molar-refractivity contribution in [2.24, 2.45) is 10.9 Å². The van der Waals surface area contributed by atoms with Crippen LogP contribution in [0.2, 0.25) is 0 Å². The van der Waals surface area contributed by atoms with Gasteiger partial charge in [-0.2, -0.15) is 0 Å². The Balaban J connectivity index is 1.76. The minimum Gasteiger partial charge on any atom is -0.494 e. The van der Waals surface area contributed by atoms with Gasteiger partial charge in [-0.3, -0.25) is 4.99 Å². The highest BCUT2D eigenvalue weighted by Crippen LogP contribution is 2.25. The van der Waals surface area contributed by atoms with E-state index in [-0.39, 0.29) is 5.75 Å². The van der Waals surface area contributed by atoms with Crippen molar-refractivity contribution in [3.63, 3.8) is 0 Å². The van der Waals surface area contributed by atoms with Crippen molar-refractivity contribution < 1.29 is 13.2 Å². The van der Waals surface area contributed by atoms with Gasteiger partial charge in [0.25, 0.3) is 0 Å². The minimum absolute atomic E-state index is 0.0373. The molecule has 0 heterocycles. The van der Waals surface area contributed by atoms with Crippen LogP contribution in [-0.4, -0.2) is 58.8 Å². The van der Waals surface area contributed by atoms with Crippen LogP contribution in [0.5, 0.6) is 5.75 Å². The third kappa shape index (κ3) is 7.38. The summed E-state index contributed by atoms with van der Waals surface area (Å²) in [5, 5.41) is 3.12. The van der Waals surface area contributed by atoms with Gasteiger partial charge in [0.1, 0.15) is 5.75 Å². The van der Waals surface area contributed by atoms with Crippen molar-refractivity contribution in [3.8, 4) is 5.75 Å². The molecule has 1 aliphatic rings. The fourth-order valence-corrected chi connectivity index (χ4v) is 3.91. The summed E-state index contributed by atoms with van der Waals surface area (Å²) in [5.41, 5.74) is 1.12. The van der Waals surface area contributed by atoms with Gasteiger partial charge in [-0.05, 0) is 43.4 Å². The fraction of sp³-hybridized carbons (Fsp3) is 0.632. The van der Waals surface area contributed by atoms with Crippen molar-refractivity contribution in [2.45, 2.75) is 32.7 Å². The van der Waals surface area contributed by atoms with Crippen molar-refractivity contribution >= 4 is 16.0 Å². The summed E-state index contributed by atoms with van der Waals surface area (Å²) in [6, 6.07) is 7.93. The lowest BCUT2D eigenvalue weighted by Crippen LogP contribution is -2.42. The molecule has 0 unspecified atom stereocenters. The first kappa shape index (κ1) is 21.5. The van der Waals surface area contributed by atoms with E-state index in [1.54, 1.807) is 7.05 Å². The SMILES string of the molecule is CCOc1ccc(CN(C)C(=NC)NCCS(=O)(=O)NCC2CCC2)cc1. The monoisotopic (exact) mass is 396 g/mol. The summed E-state index contributed by atoms with van der Waals surface area (Å²) >= 11 is 0. The molecule has 0 atom stereocenters. The Morgan fingerprint density at radius 3 is 2.56 bits per heavy atom. The van der Waals surface area contributed by atoms with Crippen LogP contribution in [0.25, 0.3) is 0 Å². The van der Waals surface area contributed by atoms with Gasteiger partial charge in [0.05, 0.1) is 12.4 Å². The maximum Gasteiger partial charge on any atom is 0.213 e. The Morgan fingerprint density at radius 2 is 2.00 bits per heavy atom. The van der Waals surface area contributed by atoms with Crippen LogP contribution in [0.4, 0.5) is 0 Å². The van der Waals surface area contributed by atoms with E-state index in [4.69, 9.17) is 4.74 Å². The van der Waals surface area contributed by atoms with E-state index >= 15 is 0 Å². The number of sulfonamides is 1. The van der Waals surface area contributed by atoms with E-state index < -0.39 is 10.0 Å². The fourth-order valence-electron chi connectivity index (χ4n) is 2.90. The second kappa shape index (κ2) is 10.5. The standard InChI is InChI=1S/C19H32N4O3S/c1-4-26-18-10-8-17(9-11-18)15-23(3)19(20-2)21-12-13-27(24,25)22-14-16-6-5-7-16/h8-11,16,22H,4-7,12-15H2,1-3H3,(H,20,21).